The van der Waals surface area contributed by atoms with E-state index in [-0.39, 0.29) is 5.82 Å². The Hall–Kier alpha value is -2.15. The highest BCUT2D eigenvalue weighted by atomic mass is 19.4. The van der Waals surface area contributed by atoms with Gasteiger partial charge in [0.05, 0.1) is 5.56 Å². The van der Waals surface area contributed by atoms with Crippen LogP contribution in [0.1, 0.15) is 17.5 Å². The summed E-state index contributed by atoms with van der Waals surface area (Å²) in [7, 11) is 0. The topological polar surface area (TPSA) is 19.4 Å². The first-order valence-corrected chi connectivity index (χ1v) is 8.17. The maximum Gasteiger partial charge on any atom is 0.417 e. The maximum atomic E-state index is 13.0. The molecule has 1 saturated heterocycles. The molecule has 0 spiro atoms. The predicted molar refractivity (Wildman–Crippen MR) is 87.7 cm³/mol. The minimum atomic E-state index is -4.36. The van der Waals surface area contributed by atoms with Crippen molar-refractivity contribution in [1.29, 1.82) is 0 Å². The zero-order valence-corrected chi connectivity index (χ0v) is 13.6. The SMILES string of the molecule is Fc1ccc(CN2CCCN(c3ccc(C(F)(F)F)cn3)CC2)cc1. The Kier molecular flexibility index (Phi) is 5.22. The molecule has 0 bridgehead atoms. The van der Waals surface area contributed by atoms with Crippen molar-refractivity contribution in [2.75, 3.05) is 31.1 Å². The molecule has 3 nitrogen and oxygen atoms in total. The second kappa shape index (κ2) is 7.39. The highest BCUT2D eigenvalue weighted by Gasteiger charge is 2.31. The number of hydrogen-bond acceptors (Lipinski definition) is 3. The van der Waals surface area contributed by atoms with Gasteiger partial charge in [-0.1, -0.05) is 12.1 Å². The van der Waals surface area contributed by atoms with Gasteiger partial charge in [0, 0.05) is 38.9 Å². The summed E-state index contributed by atoms with van der Waals surface area (Å²) in [5.41, 5.74) is 0.312. The van der Waals surface area contributed by atoms with Crippen LogP contribution < -0.4 is 4.90 Å². The van der Waals surface area contributed by atoms with Crippen molar-refractivity contribution in [2.24, 2.45) is 0 Å². The van der Waals surface area contributed by atoms with Gasteiger partial charge in [0.1, 0.15) is 11.6 Å². The summed E-state index contributed by atoms with van der Waals surface area (Å²) in [6.45, 7) is 3.83. The molecule has 0 aliphatic carbocycles. The third-order valence-corrected chi connectivity index (χ3v) is 4.31. The minimum absolute atomic E-state index is 0.251. The fourth-order valence-electron chi connectivity index (χ4n) is 2.95. The monoisotopic (exact) mass is 353 g/mol. The molecule has 0 amide bonds. The third-order valence-electron chi connectivity index (χ3n) is 4.31. The molecule has 1 aromatic heterocycles. The van der Waals surface area contributed by atoms with Crippen molar-refractivity contribution < 1.29 is 17.6 Å². The lowest BCUT2D eigenvalue weighted by Crippen LogP contribution is -2.31. The standard InChI is InChI=1S/C18H19F4N3/c19-16-5-2-14(3-6-16)13-24-8-1-9-25(11-10-24)17-7-4-15(12-23-17)18(20,21)22/h2-7,12H,1,8-11,13H2. The second-order valence-electron chi connectivity index (χ2n) is 6.15. The summed E-state index contributed by atoms with van der Waals surface area (Å²) in [5.74, 6) is 0.316. The quantitative estimate of drug-likeness (QED) is 0.779. The highest BCUT2D eigenvalue weighted by molar-refractivity contribution is 5.40. The van der Waals surface area contributed by atoms with Crippen LogP contribution in [0.2, 0.25) is 0 Å². The molecular formula is C18H19F4N3. The molecule has 25 heavy (non-hydrogen) atoms. The molecule has 1 aliphatic rings. The number of nitrogens with zero attached hydrogens (tertiary/aromatic N) is 3. The van der Waals surface area contributed by atoms with E-state index in [1.54, 1.807) is 12.1 Å². The Labute approximate surface area is 143 Å². The van der Waals surface area contributed by atoms with Gasteiger partial charge in [-0.15, -0.1) is 0 Å². The molecule has 0 N–H and O–H groups in total. The van der Waals surface area contributed by atoms with Gasteiger partial charge in [-0.25, -0.2) is 9.37 Å². The number of benzene rings is 1. The van der Waals surface area contributed by atoms with Crippen LogP contribution >= 0.6 is 0 Å². The average molecular weight is 353 g/mol. The lowest BCUT2D eigenvalue weighted by atomic mass is 10.2. The summed E-state index contributed by atoms with van der Waals surface area (Å²) >= 11 is 0. The maximum absolute atomic E-state index is 13.0. The van der Waals surface area contributed by atoms with Crippen molar-refractivity contribution in [3.05, 3.63) is 59.5 Å². The molecule has 0 unspecified atom stereocenters. The third kappa shape index (κ3) is 4.69. The smallest absolute Gasteiger partial charge is 0.355 e. The number of halogens is 4. The first-order valence-electron chi connectivity index (χ1n) is 8.17. The van der Waals surface area contributed by atoms with E-state index < -0.39 is 11.7 Å². The molecule has 0 radical (unpaired) electrons. The van der Waals surface area contributed by atoms with Crippen molar-refractivity contribution in [2.45, 2.75) is 19.1 Å². The van der Waals surface area contributed by atoms with Gasteiger partial charge in [0.2, 0.25) is 0 Å². The van der Waals surface area contributed by atoms with Gasteiger partial charge >= 0.3 is 6.18 Å². The van der Waals surface area contributed by atoms with Crippen molar-refractivity contribution in [3.8, 4) is 0 Å². The molecule has 0 saturated carbocycles. The van der Waals surface area contributed by atoms with Crippen LogP contribution in [0.5, 0.6) is 0 Å². The normalized spacial score (nSPS) is 16.7. The fourth-order valence-corrected chi connectivity index (χ4v) is 2.95. The van der Waals surface area contributed by atoms with Gasteiger partial charge in [-0.3, -0.25) is 4.90 Å². The lowest BCUT2D eigenvalue weighted by molar-refractivity contribution is -0.137. The largest absolute Gasteiger partial charge is 0.417 e. The zero-order chi connectivity index (χ0) is 17.9. The first kappa shape index (κ1) is 17.7. The van der Waals surface area contributed by atoms with E-state index in [0.717, 1.165) is 50.4 Å². The van der Waals surface area contributed by atoms with Gasteiger partial charge in [-0.2, -0.15) is 13.2 Å². The van der Waals surface area contributed by atoms with Crippen molar-refractivity contribution in [3.63, 3.8) is 0 Å². The summed E-state index contributed by atoms with van der Waals surface area (Å²) < 4.78 is 50.9. The molecule has 134 valence electrons. The molecule has 2 aromatic rings. The van der Waals surface area contributed by atoms with Crippen LogP contribution in [0.3, 0.4) is 0 Å². The molecule has 7 heteroatoms. The Bertz CT molecular complexity index is 683. The van der Waals surface area contributed by atoms with E-state index in [1.165, 1.54) is 18.2 Å². The number of aromatic nitrogens is 1. The van der Waals surface area contributed by atoms with Gasteiger partial charge in [0.25, 0.3) is 0 Å². The number of pyridine rings is 1. The van der Waals surface area contributed by atoms with Crippen LogP contribution in [0, 0.1) is 5.82 Å². The first-order chi connectivity index (χ1) is 11.9. The van der Waals surface area contributed by atoms with E-state index in [4.69, 9.17) is 0 Å². The summed E-state index contributed by atoms with van der Waals surface area (Å²) in [5, 5.41) is 0. The van der Waals surface area contributed by atoms with Crippen LogP contribution in [0.15, 0.2) is 42.6 Å². The molecule has 1 aliphatic heterocycles. The van der Waals surface area contributed by atoms with Gasteiger partial charge < -0.3 is 4.90 Å². The average Bonchev–Trinajstić information content (AvgIpc) is 2.82. The fraction of sp³-hybridized carbons (Fsp3) is 0.389. The predicted octanol–water partition coefficient (Wildman–Crippen LogP) is 3.95. The Morgan fingerprint density at radius 2 is 1.68 bits per heavy atom. The van der Waals surface area contributed by atoms with Crippen LogP contribution in [0.4, 0.5) is 23.4 Å². The van der Waals surface area contributed by atoms with Crippen LogP contribution in [-0.4, -0.2) is 36.1 Å². The summed E-state index contributed by atoms with van der Waals surface area (Å²) in [6.07, 6.45) is -2.59. The van der Waals surface area contributed by atoms with Gasteiger partial charge in [-0.05, 0) is 36.2 Å². The summed E-state index contributed by atoms with van der Waals surface area (Å²) in [4.78, 5) is 8.24. The molecule has 0 atom stereocenters. The Balaban J connectivity index is 1.60. The minimum Gasteiger partial charge on any atom is -0.355 e. The number of alkyl halides is 3. The number of rotatable bonds is 3. The lowest BCUT2D eigenvalue weighted by Gasteiger charge is -2.23. The molecular weight excluding hydrogens is 334 g/mol. The second-order valence-corrected chi connectivity index (χ2v) is 6.15. The van der Waals surface area contributed by atoms with E-state index in [1.807, 2.05) is 4.90 Å². The van der Waals surface area contributed by atoms with E-state index in [2.05, 4.69) is 9.88 Å². The van der Waals surface area contributed by atoms with E-state index in [0.29, 0.717) is 12.4 Å². The number of hydrogen-bond donors (Lipinski definition) is 0. The zero-order valence-electron chi connectivity index (χ0n) is 13.6. The van der Waals surface area contributed by atoms with Gasteiger partial charge in [0.15, 0.2) is 0 Å². The van der Waals surface area contributed by atoms with Crippen LogP contribution in [0.25, 0.3) is 0 Å². The molecule has 2 heterocycles. The Morgan fingerprint density at radius 1 is 0.920 bits per heavy atom. The van der Waals surface area contributed by atoms with E-state index in [9.17, 15) is 17.6 Å². The van der Waals surface area contributed by atoms with Crippen molar-refractivity contribution in [1.82, 2.24) is 9.88 Å². The van der Waals surface area contributed by atoms with Crippen LogP contribution in [-0.2, 0) is 12.7 Å². The van der Waals surface area contributed by atoms with E-state index >= 15 is 0 Å². The molecule has 1 aromatic carbocycles. The highest BCUT2D eigenvalue weighted by Crippen LogP contribution is 2.29. The number of anilines is 1. The summed E-state index contributed by atoms with van der Waals surface area (Å²) in [6, 6.07) is 8.95. The molecule has 3 rings (SSSR count). The van der Waals surface area contributed by atoms with Crippen molar-refractivity contribution >= 4 is 5.82 Å². The molecule has 1 fully saturated rings. The Morgan fingerprint density at radius 3 is 2.32 bits per heavy atom.